The van der Waals surface area contributed by atoms with Crippen LogP contribution in [0, 0.1) is 0 Å². The molecule has 0 unspecified atom stereocenters. The topological polar surface area (TPSA) is 87.7 Å². The number of nitrogens with one attached hydrogen (secondary N) is 2. The molecule has 0 radical (unpaired) electrons. The third-order valence-corrected chi connectivity index (χ3v) is 7.03. The van der Waals surface area contributed by atoms with Crippen LogP contribution in [0.5, 0.6) is 5.75 Å². The van der Waals surface area contributed by atoms with Crippen LogP contribution in [0.25, 0.3) is 38.4 Å². The molecule has 0 spiro atoms. The number of anilines is 1. The Kier molecular flexibility index (Phi) is 7.13. The van der Waals surface area contributed by atoms with E-state index < -0.39 is 5.91 Å². The van der Waals surface area contributed by atoms with Gasteiger partial charge in [-0.2, -0.15) is 0 Å². The molecular weight excluding hydrogens is 512 g/mol. The van der Waals surface area contributed by atoms with Crippen LogP contribution in [-0.4, -0.2) is 23.6 Å². The van der Waals surface area contributed by atoms with Gasteiger partial charge in [-0.15, -0.1) is 0 Å². The molecule has 0 fully saturated rings. The van der Waals surface area contributed by atoms with Crippen molar-refractivity contribution in [3.8, 4) is 5.75 Å². The first-order valence-corrected chi connectivity index (χ1v) is 13.2. The highest BCUT2D eigenvalue weighted by Gasteiger charge is 2.15. The highest BCUT2D eigenvalue weighted by Crippen LogP contribution is 2.30. The minimum atomic E-state index is -0.610. The first-order chi connectivity index (χ1) is 20.1. The average molecular weight is 539 g/mol. The summed E-state index contributed by atoms with van der Waals surface area (Å²) in [6.45, 7) is 0.0203. The summed E-state index contributed by atoms with van der Waals surface area (Å²) in [5.41, 5.74) is 3.72. The van der Waals surface area contributed by atoms with Crippen LogP contribution >= 0.6 is 0 Å². The van der Waals surface area contributed by atoms with Gasteiger partial charge < -0.3 is 10.1 Å². The molecular formula is C35H26N2O4. The smallest absolute Gasteiger partial charge is 0.274 e. The van der Waals surface area contributed by atoms with E-state index in [1.807, 2.05) is 72.8 Å². The molecule has 0 heterocycles. The number of hydroxylamine groups is 1. The van der Waals surface area contributed by atoms with Crippen molar-refractivity contribution in [1.82, 2.24) is 5.48 Å². The number of fused-ring (bicyclic) bond motifs is 3. The lowest BCUT2D eigenvalue weighted by Gasteiger charge is -2.14. The van der Waals surface area contributed by atoms with Gasteiger partial charge in [0, 0.05) is 22.0 Å². The average Bonchev–Trinajstić information content (AvgIpc) is 3.02. The summed E-state index contributed by atoms with van der Waals surface area (Å²) in [5, 5.41) is 18.2. The van der Waals surface area contributed by atoms with Crippen LogP contribution in [0.15, 0.2) is 127 Å². The molecule has 0 aliphatic rings. The summed E-state index contributed by atoms with van der Waals surface area (Å²) in [5.74, 6) is -0.238. The summed E-state index contributed by atoms with van der Waals surface area (Å²) in [6, 6.07) is 38.5. The fraction of sp³-hybridized carbons (Fsp3) is 0.0286. The fourth-order valence-corrected chi connectivity index (χ4v) is 4.92. The molecule has 0 atom stereocenters. The summed E-state index contributed by atoms with van der Waals surface area (Å²) in [4.78, 5) is 25.5. The quantitative estimate of drug-likeness (QED) is 0.0857. The normalized spacial score (nSPS) is 11.5. The van der Waals surface area contributed by atoms with E-state index in [2.05, 4.69) is 29.6 Å². The second-order valence-electron chi connectivity index (χ2n) is 9.68. The molecule has 0 bridgehead atoms. The SMILES string of the molecule is O=C(Nc1cccc2cc3ccccc3cc12)C(=Cc1ccc(C(=O)NO)cc1)COc1cccc2ccccc12. The van der Waals surface area contributed by atoms with Crippen molar-refractivity contribution < 1.29 is 19.5 Å². The van der Waals surface area contributed by atoms with E-state index in [0.29, 0.717) is 28.1 Å². The van der Waals surface area contributed by atoms with Gasteiger partial charge in [0.1, 0.15) is 12.4 Å². The van der Waals surface area contributed by atoms with Gasteiger partial charge in [0.25, 0.3) is 11.8 Å². The maximum absolute atomic E-state index is 13.8. The van der Waals surface area contributed by atoms with Crippen LogP contribution in [0.4, 0.5) is 5.69 Å². The molecule has 6 heteroatoms. The molecule has 41 heavy (non-hydrogen) atoms. The summed E-state index contributed by atoms with van der Waals surface area (Å²) in [7, 11) is 0. The Bertz CT molecular complexity index is 1940. The van der Waals surface area contributed by atoms with Crippen LogP contribution in [0.2, 0.25) is 0 Å². The summed E-state index contributed by atoms with van der Waals surface area (Å²) in [6.07, 6.45) is 1.74. The number of amides is 2. The zero-order valence-corrected chi connectivity index (χ0v) is 22.0. The molecule has 3 N–H and O–H groups in total. The second kappa shape index (κ2) is 11.3. The lowest BCUT2D eigenvalue weighted by molar-refractivity contribution is -0.113. The van der Waals surface area contributed by atoms with Crippen molar-refractivity contribution in [2.45, 2.75) is 0 Å². The Hall–Kier alpha value is -5.46. The Morgan fingerprint density at radius 3 is 2.12 bits per heavy atom. The minimum absolute atomic E-state index is 0.0203. The lowest BCUT2D eigenvalue weighted by Crippen LogP contribution is -2.19. The third-order valence-electron chi connectivity index (χ3n) is 7.03. The Morgan fingerprint density at radius 1 is 0.683 bits per heavy atom. The van der Waals surface area contributed by atoms with Crippen molar-refractivity contribution in [3.63, 3.8) is 0 Å². The maximum Gasteiger partial charge on any atom is 0.274 e. The van der Waals surface area contributed by atoms with Crippen molar-refractivity contribution in [2.75, 3.05) is 11.9 Å². The van der Waals surface area contributed by atoms with Crippen molar-refractivity contribution >= 4 is 55.9 Å². The predicted molar refractivity (Wildman–Crippen MR) is 163 cm³/mol. The van der Waals surface area contributed by atoms with E-state index in [9.17, 15) is 9.59 Å². The number of rotatable bonds is 7. The van der Waals surface area contributed by atoms with E-state index in [0.717, 1.165) is 32.3 Å². The molecule has 0 saturated heterocycles. The number of ether oxygens (including phenoxy) is 1. The number of hydrogen-bond acceptors (Lipinski definition) is 4. The molecule has 0 aliphatic heterocycles. The fourth-order valence-electron chi connectivity index (χ4n) is 4.92. The molecule has 6 nitrogen and oxygen atoms in total. The third kappa shape index (κ3) is 5.50. The van der Waals surface area contributed by atoms with Crippen molar-refractivity contribution in [1.29, 1.82) is 0 Å². The number of carbonyl (C=O) groups is 2. The Labute approximate surface area is 236 Å². The van der Waals surface area contributed by atoms with Gasteiger partial charge in [-0.3, -0.25) is 14.8 Å². The Balaban J connectivity index is 1.34. The van der Waals surface area contributed by atoms with Crippen molar-refractivity contribution in [2.24, 2.45) is 0 Å². The highest BCUT2D eigenvalue weighted by molar-refractivity contribution is 6.12. The predicted octanol–water partition coefficient (Wildman–Crippen LogP) is 7.37. The van der Waals surface area contributed by atoms with Crippen molar-refractivity contribution in [3.05, 3.63) is 138 Å². The monoisotopic (exact) mass is 538 g/mol. The largest absolute Gasteiger partial charge is 0.488 e. The summed E-state index contributed by atoms with van der Waals surface area (Å²) >= 11 is 0. The van der Waals surface area contributed by atoms with Crippen LogP contribution in [0.1, 0.15) is 15.9 Å². The minimum Gasteiger partial charge on any atom is -0.488 e. The molecule has 0 aromatic heterocycles. The van der Waals surface area contributed by atoms with E-state index >= 15 is 0 Å². The maximum atomic E-state index is 13.8. The lowest BCUT2D eigenvalue weighted by atomic mass is 10.0. The number of carbonyl (C=O) groups excluding carboxylic acids is 2. The molecule has 2 amide bonds. The van der Waals surface area contributed by atoms with Gasteiger partial charge in [-0.05, 0) is 69.6 Å². The molecule has 0 aliphatic carbocycles. The zero-order valence-electron chi connectivity index (χ0n) is 22.0. The van der Waals surface area contributed by atoms with Gasteiger partial charge >= 0.3 is 0 Å². The molecule has 0 saturated carbocycles. The van der Waals surface area contributed by atoms with E-state index in [-0.39, 0.29) is 12.5 Å². The van der Waals surface area contributed by atoms with E-state index in [1.54, 1.807) is 35.8 Å². The van der Waals surface area contributed by atoms with Gasteiger partial charge in [0.2, 0.25) is 0 Å². The van der Waals surface area contributed by atoms with Gasteiger partial charge in [-0.25, -0.2) is 5.48 Å². The number of benzene rings is 6. The van der Waals surface area contributed by atoms with Gasteiger partial charge in [-0.1, -0.05) is 84.9 Å². The molecule has 6 rings (SSSR count). The summed E-state index contributed by atoms with van der Waals surface area (Å²) < 4.78 is 6.21. The molecule has 6 aromatic carbocycles. The van der Waals surface area contributed by atoms with E-state index in [4.69, 9.17) is 9.94 Å². The molecule has 200 valence electrons. The highest BCUT2D eigenvalue weighted by atomic mass is 16.5. The Morgan fingerprint density at radius 2 is 1.34 bits per heavy atom. The van der Waals surface area contributed by atoms with Gasteiger partial charge in [0.05, 0.1) is 5.57 Å². The molecule has 6 aromatic rings. The first kappa shape index (κ1) is 25.8. The zero-order chi connectivity index (χ0) is 28.2. The number of hydrogen-bond donors (Lipinski definition) is 3. The van der Waals surface area contributed by atoms with Crippen LogP contribution in [0.3, 0.4) is 0 Å². The van der Waals surface area contributed by atoms with E-state index in [1.165, 1.54) is 0 Å². The first-order valence-electron chi connectivity index (χ1n) is 13.2. The standard InChI is InChI=1S/C35H26N2O4/c38-34(36-32-13-5-11-28-20-26-8-1-2-9-27(26)21-31(28)32)29(19-23-15-17-25(18-16-23)35(39)37-40)22-41-33-14-6-10-24-7-3-4-12-30(24)33/h1-21,40H,22H2,(H,36,38)(H,37,39). The van der Waals surface area contributed by atoms with Crippen LogP contribution < -0.4 is 15.5 Å². The van der Waals surface area contributed by atoms with Crippen LogP contribution in [-0.2, 0) is 4.79 Å². The second-order valence-corrected chi connectivity index (χ2v) is 9.68. The van der Waals surface area contributed by atoms with Gasteiger partial charge in [0.15, 0.2) is 0 Å².